The summed E-state index contributed by atoms with van der Waals surface area (Å²) in [6, 6.07) is 31.4. The van der Waals surface area contributed by atoms with Crippen molar-refractivity contribution in [3.05, 3.63) is 113 Å². The number of fused-ring (bicyclic) bond motifs is 1. The highest BCUT2D eigenvalue weighted by molar-refractivity contribution is 5.48. The third-order valence-electron chi connectivity index (χ3n) is 5.49. The molecule has 2 atom stereocenters. The Morgan fingerprint density at radius 1 is 0.786 bits per heavy atom. The van der Waals surface area contributed by atoms with Crippen LogP contribution in [0, 0.1) is 6.92 Å². The average molecular weight is 366 g/mol. The lowest BCUT2D eigenvalue weighted by molar-refractivity contribution is 0.155. The molecule has 4 aromatic rings. The molecule has 3 aromatic carbocycles. The third-order valence-corrected chi connectivity index (χ3v) is 5.49. The number of hydrogen-bond donors (Lipinski definition) is 0. The minimum Gasteiger partial charge on any atom is -0.469 e. The van der Waals surface area contributed by atoms with Gasteiger partial charge in [-0.2, -0.15) is 5.10 Å². The summed E-state index contributed by atoms with van der Waals surface area (Å²) in [5, 5.41) is 4.86. The molecule has 3 heteroatoms. The fraction of sp³-hybridized carbons (Fsp3) is 0.160. The van der Waals surface area contributed by atoms with E-state index in [0.29, 0.717) is 0 Å². The standard InChI is InChI=1S/C25H22N2O/c1-18-24-22(19-11-5-2-6-12-19)17-23(20-13-7-3-8-14-20)28-25(24)27(26-18)21-15-9-4-10-16-21/h2-16,22-23H,17H2,1H3. The lowest BCUT2D eigenvalue weighted by Gasteiger charge is -2.31. The van der Waals surface area contributed by atoms with Crippen molar-refractivity contribution in [1.29, 1.82) is 0 Å². The molecule has 0 spiro atoms. The summed E-state index contributed by atoms with van der Waals surface area (Å²) in [5.41, 5.74) is 5.75. The van der Waals surface area contributed by atoms with Crippen molar-refractivity contribution >= 4 is 0 Å². The molecule has 0 radical (unpaired) electrons. The van der Waals surface area contributed by atoms with E-state index in [1.807, 2.05) is 28.9 Å². The zero-order valence-electron chi connectivity index (χ0n) is 15.8. The van der Waals surface area contributed by atoms with E-state index in [9.17, 15) is 0 Å². The molecular weight excluding hydrogens is 344 g/mol. The molecule has 0 saturated carbocycles. The molecule has 1 aliphatic rings. The van der Waals surface area contributed by atoms with Crippen molar-refractivity contribution in [1.82, 2.24) is 9.78 Å². The molecule has 0 aliphatic carbocycles. The first-order chi connectivity index (χ1) is 13.8. The van der Waals surface area contributed by atoms with Crippen LogP contribution in [0.25, 0.3) is 5.69 Å². The van der Waals surface area contributed by atoms with E-state index in [2.05, 4.69) is 73.7 Å². The van der Waals surface area contributed by atoms with Crippen LogP contribution in [0.15, 0.2) is 91.0 Å². The Balaban J connectivity index is 1.68. The van der Waals surface area contributed by atoms with E-state index >= 15 is 0 Å². The number of aryl methyl sites for hydroxylation is 1. The molecule has 0 bridgehead atoms. The molecule has 138 valence electrons. The van der Waals surface area contributed by atoms with Crippen molar-refractivity contribution in [2.24, 2.45) is 0 Å². The largest absolute Gasteiger partial charge is 0.469 e. The van der Waals surface area contributed by atoms with Gasteiger partial charge in [0, 0.05) is 11.5 Å². The van der Waals surface area contributed by atoms with Gasteiger partial charge >= 0.3 is 0 Å². The molecule has 0 amide bonds. The monoisotopic (exact) mass is 366 g/mol. The van der Waals surface area contributed by atoms with E-state index in [1.165, 1.54) is 16.7 Å². The van der Waals surface area contributed by atoms with Gasteiger partial charge in [-0.25, -0.2) is 4.68 Å². The van der Waals surface area contributed by atoms with Gasteiger partial charge in [-0.05, 0) is 36.6 Å². The number of para-hydroxylation sites is 1. The Labute approximate surface area is 165 Å². The second kappa shape index (κ2) is 7.01. The summed E-state index contributed by atoms with van der Waals surface area (Å²) in [4.78, 5) is 0. The number of hydrogen-bond acceptors (Lipinski definition) is 2. The first-order valence-corrected chi connectivity index (χ1v) is 9.73. The fourth-order valence-corrected chi connectivity index (χ4v) is 4.15. The van der Waals surface area contributed by atoms with E-state index in [-0.39, 0.29) is 12.0 Å². The maximum absolute atomic E-state index is 6.58. The van der Waals surface area contributed by atoms with Crippen LogP contribution >= 0.6 is 0 Å². The van der Waals surface area contributed by atoms with E-state index < -0.39 is 0 Å². The number of ether oxygens (including phenoxy) is 1. The number of nitrogens with zero attached hydrogens (tertiary/aromatic N) is 2. The highest BCUT2D eigenvalue weighted by Gasteiger charge is 2.35. The van der Waals surface area contributed by atoms with Gasteiger partial charge in [-0.1, -0.05) is 78.9 Å². The molecule has 0 N–H and O–H groups in total. The van der Waals surface area contributed by atoms with Gasteiger partial charge < -0.3 is 4.74 Å². The number of aromatic nitrogens is 2. The molecule has 3 nitrogen and oxygen atoms in total. The van der Waals surface area contributed by atoms with Crippen molar-refractivity contribution < 1.29 is 4.74 Å². The third kappa shape index (κ3) is 2.89. The second-order valence-corrected chi connectivity index (χ2v) is 7.27. The van der Waals surface area contributed by atoms with Crippen LogP contribution in [-0.4, -0.2) is 9.78 Å². The summed E-state index contributed by atoms with van der Waals surface area (Å²) in [7, 11) is 0. The molecule has 2 unspecified atom stereocenters. The van der Waals surface area contributed by atoms with Gasteiger partial charge in [0.1, 0.15) is 6.10 Å². The number of benzene rings is 3. The first kappa shape index (κ1) is 16.8. The maximum atomic E-state index is 6.58. The van der Waals surface area contributed by atoms with Crippen molar-refractivity contribution in [2.75, 3.05) is 0 Å². The Hall–Kier alpha value is -3.33. The van der Waals surface area contributed by atoms with Crippen molar-refractivity contribution in [3.8, 4) is 11.6 Å². The highest BCUT2D eigenvalue weighted by atomic mass is 16.5. The van der Waals surface area contributed by atoms with Gasteiger partial charge in [0.05, 0.1) is 11.4 Å². The molecule has 5 rings (SSSR count). The zero-order valence-corrected chi connectivity index (χ0v) is 15.8. The van der Waals surface area contributed by atoms with Crippen molar-refractivity contribution in [2.45, 2.75) is 25.4 Å². The molecular formula is C25H22N2O. The molecule has 2 heterocycles. The van der Waals surface area contributed by atoms with Gasteiger partial charge in [-0.3, -0.25) is 0 Å². The first-order valence-electron chi connectivity index (χ1n) is 9.73. The topological polar surface area (TPSA) is 27.1 Å². The molecule has 1 aromatic heterocycles. The summed E-state index contributed by atoms with van der Waals surface area (Å²) < 4.78 is 8.53. The van der Waals surface area contributed by atoms with Crippen LogP contribution in [0.1, 0.15) is 40.8 Å². The zero-order chi connectivity index (χ0) is 18.9. The van der Waals surface area contributed by atoms with Crippen LogP contribution < -0.4 is 4.74 Å². The lowest BCUT2D eigenvalue weighted by atomic mass is 9.83. The van der Waals surface area contributed by atoms with Crippen molar-refractivity contribution in [3.63, 3.8) is 0 Å². The second-order valence-electron chi connectivity index (χ2n) is 7.27. The van der Waals surface area contributed by atoms with Crippen LogP contribution in [0.2, 0.25) is 0 Å². The smallest absolute Gasteiger partial charge is 0.221 e. The Kier molecular flexibility index (Phi) is 4.21. The molecule has 28 heavy (non-hydrogen) atoms. The highest BCUT2D eigenvalue weighted by Crippen LogP contribution is 2.47. The van der Waals surface area contributed by atoms with E-state index in [1.54, 1.807) is 0 Å². The molecule has 1 aliphatic heterocycles. The lowest BCUT2D eigenvalue weighted by Crippen LogP contribution is -2.21. The van der Waals surface area contributed by atoms with Gasteiger partial charge in [0.2, 0.25) is 5.88 Å². The van der Waals surface area contributed by atoms with Gasteiger partial charge in [0.25, 0.3) is 0 Å². The fourth-order valence-electron chi connectivity index (χ4n) is 4.15. The minimum atomic E-state index is -0.00234. The van der Waals surface area contributed by atoms with Crippen LogP contribution in [0.5, 0.6) is 5.88 Å². The molecule has 0 fully saturated rings. The quantitative estimate of drug-likeness (QED) is 0.456. The normalized spacial score (nSPS) is 18.3. The minimum absolute atomic E-state index is 0.00234. The predicted octanol–water partition coefficient (Wildman–Crippen LogP) is 5.84. The predicted molar refractivity (Wildman–Crippen MR) is 111 cm³/mol. The van der Waals surface area contributed by atoms with Crippen LogP contribution in [0.3, 0.4) is 0 Å². The Morgan fingerprint density at radius 3 is 2.00 bits per heavy atom. The van der Waals surface area contributed by atoms with E-state index in [4.69, 9.17) is 9.84 Å². The Bertz CT molecular complexity index is 1070. The number of rotatable bonds is 3. The average Bonchev–Trinajstić information content (AvgIpc) is 3.11. The van der Waals surface area contributed by atoms with Gasteiger partial charge in [0.15, 0.2) is 0 Å². The molecule has 0 saturated heterocycles. The summed E-state index contributed by atoms with van der Waals surface area (Å²) in [6.45, 7) is 2.08. The summed E-state index contributed by atoms with van der Waals surface area (Å²) in [6.07, 6.45) is 0.903. The van der Waals surface area contributed by atoms with E-state index in [0.717, 1.165) is 23.7 Å². The Morgan fingerprint density at radius 2 is 1.36 bits per heavy atom. The SMILES string of the molecule is Cc1nn(-c2ccccc2)c2c1C(c1ccccc1)CC(c1ccccc1)O2. The summed E-state index contributed by atoms with van der Waals surface area (Å²) >= 11 is 0. The van der Waals surface area contributed by atoms with Crippen LogP contribution in [0.4, 0.5) is 0 Å². The maximum Gasteiger partial charge on any atom is 0.221 e. The summed E-state index contributed by atoms with van der Waals surface area (Å²) in [5.74, 6) is 1.12. The van der Waals surface area contributed by atoms with Crippen LogP contribution in [-0.2, 0) is 0 Å². The van der Waals surface area contributed by atoms with Gasteiger partial charge in [-0.15, -0.1) is 0 Å².